The molecule has 0 spiro atoms. The lowest BCUT2D eigenvalue weighted by atomic mass is 9.92. The summed E-state index contributed by atoms with van der Waals surface area (Å²) in [6.45, 7) is 0.568. The van der Waals surface area contributed by atoms with Gasteiger partial charge in [-0.1, -0.05) is 24.3 Å². The number of rotatable bonds is 7. The third-order valence-corrected chi connectivity index (χ3v) is 9.49. The van der Waals surface area contributed by atoms with Gasteiger partial charge in [0.15, 0.2) is 12.6 Å². The largest absolute Gasteiger partial charge is 0.497 e. The van der Waals surface area contributed by atoms with Crippen LogP contribution in [0.1, 0.15) is 49.4 Å². The number of fused-ring (bicyclic) bond motifs is 4. The van der Waals surface area contributed by atoms with E-state index in [1.165, 1.54) is 0 Å². The second kappa shape index (κ2) is 15.6. The molecule has 9 atom stereocenters. The number of ether oxygens (including phenoxy) is 8. The molecule has 3 heterocycles. The Hall–Kier alpha value is -3.26. The predicted octanol–water partition coefficient (Wildman–Crippen LogP) is 3.34. The fourth-order valence-electron chi connectivity index (χ4n) is 7.04. The average Bonchev–Trinajstić information content (AvgIpc) is 3.80. The summed E-state index contributed by atoms with van der Waals surface area (Å²) in [4.78, 5) is 22.2. The van der Waals surface area contributed by atoms with Gasteiger partial charge in [-0.3, -0.25) is 9.59 Å². The van der Waals surface area contributed by atoms with Gasteiger partial charge < -0.3 is 48.1 Å². The van der Waals surface area contributed by atoms with E-state index < -0.39 is 6.10 Å². The maximum Gasteiger partial charge on any atom is 0.306 e. The van der Waals surface area contributed by atoms with Crippen molar-refractivity contribution < 1.29 is 57.7 Å². The minimum Gasteiger partial charge on any atom is -0.497 e. The van der Waals surface area contributed by atoms with Gasteiger partial charge in [0.05, 0.1) is 45.9 Å². The molecule has 12 nitrogen and oxygen atoms in total. The summed E-state index contributed by atoms with van der Waals surface area (Å²) in [6.07, 6.45) is 0.984. The number of carbonyl (C=O) groups excluding carboxylic acids is 2. The second-order valence-electron chi connectivity index (χ2n) is 12.0. The number of aliphatic hydroxyl groups is 2. The molecule has 0 aromatic heterocycles. The first-order chi connectivity index (χ1) is 22.3. The van der Waals surface area contributed by atoms with E-state index in [-0.39, 0.29) is 73.1 Å². The minimum atomic E-state index is -0.502. The molecule has 2 aromatic carbocycles. The van der Waals surface area contributed by atoms with Crippen molar-refractivity contribution in [2.45, 2.75) is 62.7 Å². The summed E-state index contributed by atoms with van der Waals surface area (Å²) in [5.41, 5.74) is 1.97. The maximum absolute atomic E-state index is 11.4. The predicted molar refractivity (Wildman–Crippen MR) is 162 cm³/mol. The third-order valence-electron chi connectivity index (χ3n) is 9.49. The summed E-state index contributed by atoms with van der Waals surface area (Å²) in [5, 5.41) is 18.4. The highest BCUT2D eigenvalue weighted by Gasteiger charge is 2.53. The molecule has 2 aromatic rings. The van der Waals surface area contributed by atoms with Gasteiger partial charge in [-0.15, -0.1) is 0 Å². The zero-order chi connectivity index (χ0) is 32.8. The van der Waals surface area contributed by atoms with Crippen molar-refractivity contribution in [2.24, 2.45) is 23.7 Å². The lowest BCUT2D eigenvalue weighted by Crippen LogP contribution is -2.35. The van der Waals surface area contributed by atoms with Gasteiger partial charge in [0.25, 0.3) is 0 Å². The van der Waals surface area contributed by atoms with Crippen molar-refractivity contribution in [1.29, 1.82) is 0 Å². The van der Waals surface area contributed by atoms with Crippen molar-refractivity contribution in [3.8, 4) is 11.5 Å². The Bertz CT molecular complexity index is 1280. The highest BCUT2D eigenvalue weighted by Crippen LogP contribution is 2.47. The van der Waals surface area contributed by atoms with Crippen LogP contribution in [0.2, 0.25) is 0 Å². The number of carbonyl (C=O) groups is 2. The highest BCUT2D eigenvalue weighted by molar-refractivity contribution is 5.72. The lowest BCUT2D eigenvalue weighted by molar-refractivity contribution is -0.238. The van der Waals surface area contributed by atoms with E-state index in [1.54, 1.807) is 28.4 Å². The number of benzene rings is 2. The van der Waals surface area contributed by atoms with Gasteiger partial charge >= 0.3 is 11.9 Å². The Kier molecular flexibility index (Phi) is 11.5. The van der Waals surface area contributed by atoms with Crippen LogP contribution >= 0.6 is 0 Å². The van der Waals surface area contributed by atoms with Gasteiger partial charge in [0, 0.05) is 68.5 Å². The van der Waals surface area contributed by atoms with Crippen molar-refractivity contribution in [3.05, 3.63) is 59.7 Å². The summed E-state index contributed by atoms with van der Waals surface area (Å²) in [7, 11) is 6.50. The standard InChI is InChI=1S/C16H18O5.C10H14O3.C8H12O4/c1-18-10-4-2-9(3-5-10)16-19-8-12-11-6-15(17)20-13(11)7-14(12)21-16;1-11-9-6-4-8(5-7-9)10(12-2)13-3;9-3-5-4-1-8(11)12-7(4)2-6(5)10/h2-5,11-14,16H,6-8H2,1H3;4-7,10H,1-3H3;4-7,9-10H,1-3H2/t11-,12-,13+,14-,16?;;4-,5-,6-,7+/m1.1/s1. The minimum absolute atomic E-state index is 0.0192. The Morgan fingerprint density at radius 3 is 1.89 bits per heavy atom. The molecule has 0 radical (unpaired) electrons. The van der Waals surface area contributed by atoms with E-state index in [0.717, 1.165) is 29.0 Å². The van der Waals surface area contributed by atoms with E-state index in [4.69, 9.17) is 43.0 Å². The molecule has 2 aliphatic carbocycles. The molecule has 5 fully saturated rings. The molecule has 252 valence electrons. The second-order valence-corrected chi connectivity index (χ2v) is 12.0. The summed E-state index contributed by atoms with van der Waals surface area (Å²) in [5.74, 6) is 1.77. The zero-order valence-corrected chi connectivity index (χ0v) is 26.6. The van der Waals surface area contributed by atoms with Crippen molar-refractivity contribution in [3.63, 3.8) is 0 Å². The molecule has 0 amide bonds. The number of hydrogen-bond donors (Lipinski definition) is 2. The van der Waals surface area contributed by atoms with E-state index in [2.05, 4.69) is 0 Å². The van der Waals surface area contributed by atoms with Crippen LogP contribution in [0.25, 0.3) is 0 Å². The number of aliphatic hydroxyl groups excluding tert-OH is 2. The van der Waals surface area contributed by atoms with Gasteiger partial charge in [0.1, 0.15) is 23.7 Å². The van der Waals surface area contributed by atoms with Gasteiger partial charge in [-0.05, 0) is 24.3 Å². The zero-order valence-electron chi connectivity index (χ0n) is 26.6. The van der Waals surface area contributed by atoms with E-state index in [9.17, 15) is 14.7 Å². The van der Waals surface area contributed by atoms with Crippen LogP contribution in [0.3, 0.4) is 0 Å². The molecule has 2 N–H and O–H groups in total. The Morgan fingerprint density at radius 2 is 1.33 bits per heavy atom. The Morgan fingerprint density at radius 1 is 0.761 bits per heavy atom. The van der Waals surface area contributed by atoms with E-state index in [0.29, 0.717) is 25.9 Å². The Labute approximate surface area is 268 Å². The normalized spacial score (nSPS) is 32.2. The third kappa shape index (κ3) is 7.64. The fraction of sp³-hybridized carbons (Fsp3) is 0.588. The molecule has 2 saturated carbocycles. The molecule has 7 rings (SSSR count). The van der Waals surface area contributed by atoms with Crippen molar-refractivity contribution >= 4 is 11.9 Å². The number of hydrogen-bond acceptors (Lipinski definition) is 12. The molecule has 1 unspecified atom stereocenters. The summed E-state index contributed by atoms with van der Waals surface area (Å²) in [6, 6.07) is 15.3. The van der Waals surface area contributed by atoms with Crippen LogP contribution in [0.5, 0.6) is 11.5 Å². The fourth-order valence-corrected chi connectivity index (χ4v) is 7.04. The topological polar surface area (TPSA) is 148 Å². The molecule has 3 aliphatic heterocycles. The molecule has 0 bridgehead atoms. The first-order valence-electron chi connectivity index (χ1n) is 15.6. The van der Waals surface area contributed by atoms with Crippen molar-refractivity contribution in [2.75, 3.05) is 41.7 Å². The quantitative estimate of drug-likeness (QED) is 0.336. The van der Waals surface area contributed by atoms with Crippen molar-refractivity contribution in [1.82, 2.24) is 0 Å². The van der Waals surface area contributed by atoms with Crippen LogP contribution in [-0.2, 0) is 38.0 Å². The molecule has 5 aliphatic rings. The molecular weight excluding hydrogens is 600 g/mol. The summed E-state index contributed by atoms with van der Waals surface area (Å²) < 4.78 is 42.7. The summed E-state index contributed by atoms with van der Waals surface area (Å²) >= 11 is 0. The molecular formula is C34H44O12. The molecule has 46 heavy (non-hydrogen) atoms. The van der Waals surface area contributed by atoms with E-state index in [1.807, 2.05) is 48.5 Å². The maximum atomic E-state index is 11.4. The number of methoxy groups -OCH3 is 4. The van der Waals surface area contributed by atoms with Gasteiger partial charge in [-0.25, -0.2) is 0 Å². The SMILES string of the molecule is COc1ccc(C(OC)OC)cc1.COc1ccc(C2OC[C@@H]3[C@H]4CC(=O)O[C@H]4C[C@H]3O2)cc1.O=C1C[C@@H]2[C@@H](CO)[C@H](O)C[C@@H]2O1. The van der Waals surface area contributed by atoms with Crippen LogP contribution in [0, 0.1) is 23.7 Å². The van der Waals surface area contributed by atoms with Gasteiger partial charge in [0.2, 0.25) is 0 Å². The smallest absolute Gasteiger partial charge is 0.306 e. The van der Waals surface area contributed by atoms with Crippen LogP contribution in [0.15, 0.2) is 48.5 Å². The van der Waals surface area contributed by atoms with Crippen LogP contribution < -0.4 is 9.47 Å². The monoisotopic (exact) mass is 644 g/mol. The molecule has 12 heteroatoms. The number of esters is 2. The first-order valence-corrected chi connectivity index (χ1v) is 15.6. The van der Waals surface area contributed by atoms with Gasteiger partial charge in [-0.2, -0.15) is 0 Å². The average molecular weight is 645 g/mol. The van der Waals surface area contributed by atoms with Crippen LogP contribution in [-0.4, -0.2) is 88.2 Å². The highest BCUT2D eigenvalue weighted by atomic mass is 16.7. The van der Waals surface area contributed by atoms with E-state index >= 15 is 0 Å². The lowest BCUT2D eigenvalue weighted by Gasteiger charge is -2.34. The first kappa shape index (κ1) is 34.1. The van der Waals surface area contributed by atoms with Crippen LogP contribution in [0.4, 0.5) is 0 Å². The molecule has 3 saturated heterocycles. The Balaban J connectivity index is 0.000000145.